The molecule has 2 unspecified atom stereocenters. The maximum Gasteiger partial charge on any atom is 0.352 e. The molecule has 0 spiro atoms. The minimum Gasteiger partial charge on any atom is -0.477 e. The SMILES string of the molecule is O=C(O)c1cc2c([nH]1)CCC2Cc1cccc(C2CCOC2)c1. The van der Waals surface area contributed by atoms with Crippen LogP contribution >= 0.6 is 0 Å². The van der Waals surface area contributed by atoms with E-state index in [1.54, 1.807) is 0 Å². The molecule has 0 saturated carbocycles. The Labute approximate surface area is 135 Å². The summed E-state index contributed by atoms with van der Waals surface area (Å²) < 4.78 is 5.50. The predicted octanol–water partition coefficient (Wildman–Crippen LogP) is 3.49. The molecule has 2 heterocycles. The van der Waals surface area contributed by atoms with Gasteiger partial charge in [0, 0.05) is 18.2 Å². The third-order valence-corrected chi connectivity index (χ3v) is 5.18. The normalized spacial score (nSPS) is 23.1. The van der Waals surface area contributed by atoms with Gasteiger partial charge in [-0.3, -0.25) is 0 Å². The van der Waals surface area contributed by atoms with E-state index in [-0.39, 0.29) is 0 Å². The Balaban J connectivity index is 1.53. The lowest BCUT2D eigenvalue weighted by atomic mass is 9.91. The van der Waals surface area contributed by atoms with Crippen LogP contribution in [0.25, 0.3) is 0 Å². The van der Waals surface area contributed by atoms with Gasteiger partial charge in [0.15, 0.2) is 0 Å². The summed E-state index contributed by atoms with van der Waals surface area (Å²) in [5.41, 5.74) is 5.32. The number of aromatic amines is 1. The topological polar surface area (TPSA) is 62.3 Å². The number of carbonyl (C=O) groups is 1. The smallest absolute Gasteiger partial charge is 0.352 e. The van der Waals surface area contributed by atoms with Crippen molar-refractivity contribution in [3.05, 3.63) is 58.4 Å². The summed E-state index contributed by atoms with van der Waals surface area (Å²) in [5.74, 6) is 0.0748. The molecule has 2 atom stereocenters. The fourth-order valence-electron chi connectivity index (χ4n) is 3.94. The van der Waals surface area contributed by atoms with Crippen molar-refractivity contribution < 1.29 is 14.6 Å². The Morgan fingerprint density at radius 3 is 3.00 bits per heavy atom. The lowest BCUT2D eigenvalue weighted by molar-refractivity contribution is 0.0691. The zero-order chi connectivity index (χ0) is 15.8. The van der Waals surface area contributed by atoms with Crippen molar-refractivity contribution in [2.45, 2.75) is 37.5 Å². The molecule has 0 radical (unpaired) electrons. The number of rotatable bonds is 4. The summed E-state index contributed by atoms with van der Waals surface area (Å²) in [6.45, 7) is 1.69. The van der Waals surface area contributed by atoms with Crippen LogP contribution in [0, 0.1) is 0 Å². The Morgan fingerprint density at radius 1 is 1.30 bits per heavy atom. The fraction of sp³-hybridized carbons (Fsp3) is 0.421. The van der Waals surface area contributed by atoms with E-state index < -0.39 is 5.97 Å². The number of ether oxygens (including phenoxy) is 1. The van der Waals surface area contributed by atoms with E-state index in [0.717, 1.165) is 44.6 Å². The van der Waals surface area contributed by atoms with Crippen LogP contribution in [-0.2, 0) is 17.6 Å². The quantitative estimate of drug-likeness (QED) is 0.908. The van der Waals surface area contributed by atoms with Crippen LogP contribution in [-0.4, -0.2) is 29.3 Å². The molecule has 1 aromatic heterocycles. The lowest BCUT2D eigenvalue weighted by Gasteiger charge is -2.13. The van der Waals surface area contributed by atoms with Gasteiger partial charge in [-0.25, -0.2) is 4.79 Å². The van der Waals surface area contributed by atoms with Crippen molar-refractivity contribution in [1.29, 1.82) is 0 Å². The lowest BCUT2D eigenvalue weighted by Crippen LogP contribution is -2.02. The summed E-state index contributed by atoms with van der Waals surface area (Å²) in [6, 6.07) is 10.6. The van der Waals surface area contributed by atoms with Gasteiger partial charge in [-0.15, -0.1) is 0 Å². The second-order valence-electron chi connectivity index (χ2n) is 6.67. The maximum atomic E-state index is 11.1. The van der Waals surface area contributed by atoms with Crippen molar-refractivity contribution in [1.82, 2.24) is 4.98 Å². The molecule has 0 amide bonds. The molecule has 2 aliphatic rings. The molecule has 1 aliphatic heterocycles. The summed E-state index contributed by atoms with van der Waals surface area (Å²) in [7, 11) is 0. The van der Waals surface area contributed by atoms with E-state index in [2.05, 4.69) is 29.2 Å². The number of carboxylic acid groups (broad SMARTS) is 1. The highest BCUT2D eigenvalue weighted by Gasteiger charge is 2.27. The Bertz CT molecular complexity index is 728. The maximum absolute atomic E-state index is 11.1. The van der Waals surface area contributed by atoms with Gasteiger partial charge in [0.2, 0.25) is 0 Å². The molecule has 120 valence electrons. The summed E-state index contributed by atoms with van der Waals surface area (Å²) in [6.07, 6.45) is 4.13. The van der Waals surface area contributed by atoms with Gasteiger partial charge in [-0.1, -0.05) is 24.3 Å². The van der Waals surface area contributed by atoms with E-state index in [1.807, 2.05) is 6.07 Å². The Hall–Kier alpha value is -2.07. The number of benzene rings is 1. The van der Waals surface area contributed by atoms with E-state index in [0.29, 0.717) is 17.5 Å². The van der Waals surface area contributed by atoms with Gasteiger partial charge >= 0.3 is 5.97 Å². The molecule has 2 N–H and O–H groups in total. The van der Waals surface area contributed by atoms with Crippen LogP contribution in [0.1, 0.15) is 57.6 Å². The number of carboxylic acids is 1. The Kier molecular flexibility index (Phi) is 3.69. The van der Waals surface area contributed by atoms with Crippen LogP contribution < -0.4 is 0 Å². The first-order valence-corrected chi connectivity index (χ1v) is 8.32. The van der Waals surface area contributed by atoms with Crippen LogP contribution in [0.15, 0.2) is 30.3 Å². The average Bonchev–Trinajstić information content (AvgIpc) is 3.25. The van der Waals surface area contributed by atoms with Gasteiger partial charge in [-0.05, 0) is 54.4 Å². The van der Waals surface area contributed by atoms with Gasteiger partial charge in [0.1, 0.15) is 5.69 Å². The molecule has 2 aromatic rings. The van der Waals surface area contributed by atoms with Crippen LogP contribution in [0.5, 0.6) is 0 Å². The van der Waals surface area contributed by atoms with E-state index in [9.17, 15) is 4.79 Å². The van der Waals surface area contributed by atoms with E-state index in [4.69, 9.17) is 9.84 Å². The first kappa shape index (κ1) is 14.5. The number of aryl methyl sites for hydroxylation is 1. The zero-order valence-corrected chi connectivity index (χ0v) is 13.0. The largest absolute Gasteiger partial charge is 0.477 e. The number of H-pyrrole nitrogens is 1. The number of aromatic carboxylic acids is 1. The molecular weight excluding hydrogens is 290 g/mol. The third kappa shape index (κ3) is 2.79. The standard InChI is InChI=1S/C19H21NO3/c21-19(22)18-10-16-14(4-5-17(16)20-18)9-12-2-1-3-13(8-12)15-6-7-23-11-15/h1-3,8,10,14-15,20H,4-7,9,11H2,(H,21,22). The third-order valence-electron chi connectivity index (χ3n) is 5.18. The molecule has 1 aromatic carbocycles. The molecule has 1 aliphatic carbocycles. The molecule has 4 heteroatoms. The zero-order valence-electron chi connectivity index (χ0n) is 13.0. The number of fused-ring (bicyclic) bond motifs is 1. The summed E-state index contributed by atoms with van der Waals surface area (Å²) in [4.78, 5) is 14.2. The van der Waals surface area contributed by atoms with E-state index >= 15 is 0 Å². The van der Waals surface area contributed by atoms with Gasteiger partial charge < -0.3 is 14.8 Å². The summed E-state index contributed by atoms with van der Waals surface area (Å²) >= 11 is 0. The molecule has 1 fully saturated rings. The highest BCUT2D eigenvalue weighted by molar-refractivity contribution is 5.86. The van der Waals surface area contributed by atoms with Gasteiger partial charge in [-0.2, -0.15) is 0 Å². The molecular formula is C19H21NO3. The van der Waals surface area contributed by atoms with Crippen LogP contribution in [0.4, 0.5) is 0 Å². The summed E-state index contributed by atoms with van der Waals surface area (Å²) in [5, 5.41) is 9.13. The second-order valence-corrected chi connectivity index (χ2v) is 6.67. The van der Waals surface area contributed by atoms with Gasteiger partial charge in [0.05, 0.1) is 6.61 Å². The van der Waals surface area contributed by atoms with Crippen molar-refractivity contribution in [2.24, 2.45) is 0 Å². The fourth-order valence-corrected chi connectivity index (χ4v) is 3.94. The highest BCUT2D eigenvalue weighted by Crippen LogP contribution is 2.36. The molecule has 1 saturated heterocycles. The van der Waals surface area contributed by atoms with Crippen LogP contribution in [0.2, 0.25) is 0 Å². The predicted molar refractivity (Wildman–Crippen MR) is 87.1 cm³/mol. The van der Waals surface area contributed by atoms with Gasteiger partial charge in [0.25, 0.3) is 0 Å². The van der Waals surface area contributed by atoms with Crippen molar-refractivity contribution in [3.63, 3.8) is 0 Å². The number of aromatic nitrogens is 1. The molecule has 23 heavy (non-hydrogen) atoms. The highest BCUT2D eigenvalue weighted by atomic mass is 16.5. The van der Waals surface area contributed by atoms with Crippen LogP contribution in [0.3, 0.4) is 0 Å². The Morgan fingerprint density at radius 2 is 2.22 bits per heavy atom. The van der Waals surface area contributed by atoms with Crippen molar-refractivity contribution in [3.8, 4) is 0 Å². The molecule has 4 rings (SSSR count). The van der Waals surface area contributed by atoms with Crippen molar-refractivity contribution in [2.75, 3.05) is 13.2 Å². The monoisotopic (exact) mass is 311 g/mol. The molecule has 4 nitrogen and oxygen atoms in total. The second kappa shape index (κ2) is 5.85. The number of hydrogen-bond donors (Lipinski definition) is 2. The minimum absolute atomic E-state index is 0.316. The molecule has 0 bridgehead atoms. The van der Waals surface area contributed by atoms with Crippen molar-refractivity contribution >= 4 is 5.97 Å². The minimum atomic E-state index is -0.874. The first-order valence-electron chi connectivity index (χ1n) is 8.32. The number of nitrogens with one attached hydrogen (secondary N) is 1. The average molecular weight is 311 g/mol. The number of hydrogen-bond acceptors (Lipinski definition) is 2. The first-order chi connectivity index (χ1) is 11.2. The van der Waals surface area contributed by atoms with E-state index in [1.165, 1.54) is 16.7 Å².